The lowest BCUT2D eigenvalue weighted by Gasteiger charge is -2.14. The molecule has 114 valence electrons. The van der Waals surface area contributed by atoms with E-state index in [4.69, 9.17) is 4.74 Å². The molecule has 0 unspecified atom stereocenters. The number of carboxylic acid groups (broad SMARTS) is 1. The Labute approximate surface area is 124 Å². The first-order chi connectivity index (χ1) is 10.1. The highest BCUT2D eigenvalue weighted by molar-refractivity contribution is 5.83. The van der Waals surface area contributed by atoms with E-state index in [0.29, 0.717) is 19.6 Å². The van der Waals surface area contributed by atoms with Crippen molar-refractivity contribution in [2.24, 2.45) is 0 Å². The standard InChI is InChI=1S/C16H21NO4/c1-2-10-21-11-6-9-15(18)17-14(16(19)20)12-13-7-4-3-5-8-13/h2-5,7-8,14H,1,6,9-12H2,(H,17,18)(H,19,20)/t14-/m1/s1. The third-order valence-corrected chi connectivity index (χ3v) is 2.84. The van der Waals surface area contributed by atoms with E-state index in [1.54, 1.807) is 6.08 Å². The SMILES string of the molecule is C=CCOCCCC(=O)N[C@H](Cc1ccccc1)C(=O)O. The molecule has 0 aromatic heterocycles. The van der Waals surface area contributed by atoms with Gasteiger partial charge < -0.3 is 15.2 Å². The number of nitrogens with one attached hydrogen (secondary N) is 1. The van der Waals surface area contributed by atoms with Crippen LogP contribution in [0.15, 0.2) is 43.0 Å². The van der Waals surface area contributed by atoms with Gasteiger partial charge in [-0.1, -0.05) is 36.4 Å². The van der Waals surface area contributed by atoms with Crippen molar-refractivity contribution in [3.63, 3.8) is 0 Å². The lowest BCUT2D eigenvalue weighted by Crippen LogP contribution is -2.42. The summed E-state index contributed by atoms with van der Waals surface area (Å²) >= 11 is 0. The Balaban J connectivity index is 2.38. The van der Waals surface area contributed by atoms with Crippen LogP contribution < -0.4 is 5.32 Å². The minimum absolute atomic E-state index is 0.246. The number of benzene rings is 1. The largest absolute Gasteiger partial charge is 0.480 e. The molecule has 0 saturated carbocycles. The Hall–Kier alpha value is -2.14. The van der Waals surface area contributed by atoms with Gasteiger partial charge in [-0.2, -0.15) is 0 Å². The molecule has 1 rings (SSSR count). The molecule has 2 N–H and O–H groups in total. The van der Waals surface area contributed by atoms with Crippen LogP contribution in [-0.4, -0.2) is 36.2 Å². The fourth-order valence-corrected chi connectivity index (χ4v) is 1.82. The number of carboxylic acids is 1. The summed E-state index contributed by atoms with van der Waals surface area (Å²) in [5, 5.41) is 11.7. The Morgan fingerprint density at radius 3 is 2.67 bits per heavy atom. The van der Waals surface area contributed by atoms with E-state index in [2.05, 4.69) is 11.9 Å². The predicted octanol–water partition coefficient (Wildman–Crippen LogP) is 1.78. The van der Waals surface area contributed by atoms with Crippen LogP contribution in [0.2, 0.25) is 0 Å². The molecular formula is C16H21NO4. The smallest absolute Gasteiger partial charge is 0.326 e. The van der Waals surface area contributed by atoms with Crippen LogP contribution in [0.4, 0.5) is 0 Å². The van der Waals surface area contributed by atoms with Gasteiger partial charge >= 0.3 is 5.97 Å². The third kappa shape index (κ3) is 7.27. The van der Waals surface area contributed by atoms with Gasteiger partial charge in [-0.3, -0.25) is 4.79 Å². The van der Waals surface area contributed by atoms with E-state index in [-0.39, 0.29) is 18.7 Å². The number of carbonyl (C=O) groups excluding carboxylic acids is 1. The first-order valence-electron chi connectivity index (χ1n) is 6.88. The second kappa shape index (κ2) is 9.72. The molecule has 0 aliphatic heterocycles. The van der Waals surface area contributed by atoms with E-state index < -0.39 is 12.0 Å². The van der Waals surface area contributed by atoms with Gasteiger partial charge in [0, 0.05) is 19.4 Å². The number of ether oxygens (including phenoxy) is 1. The van der Waals surface area contributed by atoms with Crippen LogP contribution >= 0.6 is 0 Å². The van der Waals surface area contributed by atoms with Gasteiger partial charge in [-0.25, -0.2) is 4.79 Å². The van der Waals surface area contributed by atoms with E-state index >= 15 is 0 Å². The maximum atomic E-state index is 11.7. The lowest BCUT2D eigenvalue weighted by atomic mass is 10.1. The molecule has 1 aromatic rings. The summed E-state index contributed by atoms with van der Waals surface area (Å²) in [6.45, 7) is 4.43. The Morgan fingerprint density at radius 2 is 2.05 bits per heavy atom. The molecule has 0 aliphatic carbocycles. The summed E-state index contributed by atoms with van der Waals surface area (Å²) in [7, 11) is 0. The maximum absolute atomic E-state index is 11.7. The zero-order chi connectivity index (χ0) is 15.5. The first kappa shape index (κ1) is 16.9. The van der Waals surface area contributed by atoms with Crippen molar-refractivity contribution in [3.05, 3.63) is 48.6 Å². The summed E-state index contributed by atoms with van der Waals surface area (Å²) in [6.07, 6.45) is 2.71. The molecule has 5 nitrogen and oxygen atoms in total. The number of hydrogen-bond donors (Lipinski definition) is 2. The van der Waals surface area contributed by atoms with Gasteiger partial charge in [-0.15, -0.1) is 6.58 Å². The zero-order valence-electron chi connectivity index (χ0n) is 12.0. The van der Waals surface area contributed by atoms with Gasteiger partial charge in [0.25, 0.3) is 0 Å². The van der Waals surface area contributed by atoms with E-state index in [1.807, 2.05) is 30.3 Å². The Kier molecular flexibility index (Phi) is 7.82. The number of hydrogen-bond acceptors (Lipinski definition) is 3. The third-order valence-electron chi connectivity index (χ3n) is 2.84. The summed E-state index contributed by atoms with van der Waals surface area (Å²) in [6, 6.07) is 8.31. The maximum Gasteiger partial charge on any atom is 0.326 e. The number of aliphatic carboxylic acids is 1. The number of rotatable bonds is 10. The molecule has 1 aromatic carbocycles. The predicted molar refractivity (Wildman–Crippen MR) is 80.0 cm³/mol. The van der Waals surface area contributed by atoms with Crippen molar-refractivity contribution in [2.45, 2.75) is 25.3 Å². The van der Waals surface area contributed by atoms with Crippen molar-refractivity contribution >= 4 is 11.9 Å². The molecule has 0 aliphatic rings. The molecule has 5 heteroatoms. The molecule has 0 spiro atoms. The van der Waals surface area contributed by atoms with Crippen molar-refractivity contribution in [1.29, 1.82) is 0 Å². The van der Waals surface area contributed by atoms with Gasteiger partial charge in [0.1, 0.15) is 6.04 Å². The molecule has 1 atom stereocenters. The fourth-order valence-electron chi connectivity index (χ4n) is 1.82. The van der Waals surface area contributed by atoms with Crippen molar-refractivity contribution in [1.82, 2.24) is 5.32 Å². The van der Waals surface area contributed by atoms with Crippen LogP contribution in [0, 0.1) is 0 Å². The van der Waals surface area contributed by atoms with Crippen molar-refractivity contribution < 1.29 is 19.4 Å². The van der Waals surface area contributed by atoms with Crippen LogP contribution in [0.1, 0.15) is 18.4 Å². The van der Waals surface area contributed by atoms with Crippen LogP contribution in [0.5, 0.6) is 0 Å². The highest BCUT2D eigenvalue weighted by Crippen LogP contribution is 2.04. The molecule has 0 heterocycles. The second-order valence-corrected chi connectivity index (χ2v) is 4.62. The highest BCUT2D eigenvalue weighted by atomic mass is 16.5. The fraction of sp³-hybridized carbons (Fsp3) is 0.375. The highest BCUT2D eigenvalue weighted by Gasteiger charge is 2.19. The normalized spacial score (nSPS) is 11.6. The van der Waals surface area contributed by atoms with E-state index in [1.165, 1.54) is 0 Å². The van der Waals surface area contributed by atoms with Crippen LogP contribution in [-0.2, 0) is 20.7 Å². The van der Waals surface area contributed by atoms with Gasteiger partial charge in [0.05, 0.1) is 6.61 Å². The van der Waals surface area contributed by atoms with Gasteiger partial charge in [-0.05, 0) is 12.0 Å². The summed E-state index contributed by atoms with van der Waals surface area (Å²) in [5.41, 5.74) is 0.875. The molecule has 0 saturated heterocycles. The number of carbonyl (C=O) groups is 2. The lowest BCUT2D eigenvalue weighted by molar-refractivity contribution is -0.141. The Morgan fingerprint density at radius 1 is 1.33 bits per heavy atom. The monoisotopic (exact) mass is 291 g/mol. The molecule has 21 heavy (non-hydrogen) atoms. The summed E-state index contributed by atoms with van der Waals surface area (Å²) in [4.78, 5) is 22.9. The molecular weight excluding hydrogens is 270 g/mol. The van der Waals surface area contributed by atoms with Crippen molar-refractivity contribution in [2.75, 3.05) is 13.2 Å². The van der Waals surface area contributed by atoms with Crippen LogP contribution in [0.3, 0.4) is 0 Å². The molecule has 0 fully saturated rings. The Bertz CT molecular complexity index is 459. The van der Waals surface area contributed by atoms with E-state index in [9.17, 15) is 14.7 Å². The number of amides is 1. The van der Waals surface area contributed by atoms with Crippen molar-refractivity contribution in [3.8, 4) is 0 Å². The minimum atomic E-state index is -1.03. The summed E-state index contributed by atoms with van der Waals surface area (Å²) < 4.78 is 5.17. The average Bonchev–Trinajstić information content (AvgIpc) is 2.47. The van der Waals surface area contributed by atoms with Crippen LogP contribution in [0.25, 0.3) is 0 Å². The average molecular weight is 291 g/mol. The molecule has 0 radical (unpaired) electrons. The van der Waals surface area contributed by atoms with Gasteiger partial charge in [0.15, 0.2) is 0 Å². The molecule has 0 bridgehead atoms. The van der Waals surface area contributed by atoms with Gasteiger partial charge in [0.2, 0.25) is 5.91 Å². The summed E-state index contributed by atoms with van der Waals surface area (Å²) in [5.74, 6) is -1.31. The molecule has 1 amide bonds. The second-order valence-electron chi connectivity index (χ2n) is 4.62. The van der Waals surface area contributed by atoms with E-state index in [0.717, 1.165) is 5.56 Å². The zero-order valence-corrected chi connectivity index (χ0v) is 12.0. The topological polar surface area (TPSA) is 75.6 Å². The minimum Gasteiger partial charge on any atom is -0.480 e. The first-order valence-corrected chi connectivity index (χ1v) is 6.88. The quantitative estimate of drug-likeness (QED) is 0.509.